The molecule has 2 nitrogen and oxygen atoms in total. The maximum Gasteiger partial charge on any atom is 0.0594 e. The number of rotatable bonds is 1. The fraction of sp³-hybridized carbons (Fsp3) is 1.00. The van der Waals surface area contributed by atoms with Gasteiger partial charge in [-0.3, -0.25) is 4.90 Å². The molecule has 0 aromatic carbocycles. The molecule has 3 rings (SSSR count). The molecule has 0 aromatic heterocycles. The number of ether oxygens (including phenoxy) is 1. The van der Waals surface area contributed by atoms with Crippen molar-refractivity contribution in [3.63, 3.8) is 0 Å². The highest BCUT2D eigenvalue weighted by atomic mass is 16.5. The van der Waals surface area contributed by atoms with Crippen LogP contribution in [0.3, 0.4) is 0 Å². The second kappa shape index (κ2) is 4.55. The topological polar surface area (TPSA) is 12.5 Å². The molecule has 3 fully saturated rings. The molecule has 4 unspecified atom stereocenters. The summed E-state index contributed by atoms with van der Waals surface area (Å²) in [5.74, 6) is 2.93. The van der Waals surface area contributed by atoms with Gasteiger partial charge in [-0.25, -0.2) is 0 Å². The van der Waals surface area contributed by atoms with E-state index in [2.05, 4.69) is 25.7 Å². The molecule has 0 bridgehead atoms. The lowest BCUT2D eigenvalue weighted by molar-refractivity contribution is -0.00596. The van der Waals surface area contributed by atoms with Gasteiger partial charge in [-0.1, -0.05) is 28.2 Å². The average Bonchev–Trinajstić information content (AvgIpc) is 2.80. The summed E-state index contributed by atoms with van der Waals surface area (Å²) in [5, 5.41) is 0. The van der Waals surface area contributed by atoms with Crippen molar-refractivity contribution < 1.29 is 4.74 Å². The summed E-state index contributed by atoms with van der Waals surface area (Å²) in [6.45, 7) is 11.6. The molecule has 1 aliphatic heterocycles. The Labute approximate surface area is 107 Å². The van der Waals surface area contributed by atoms with Crippen LogP contribution < -0.4 is 0 Å². The molecule has 0 spiro atoms. The Kier molecular flexibility index (Phi) is 3.57. The standard InChI is InChI=1S/C14H25NO.CH4/c1-10-8-11-12(14(11,2)3)9-13(10)15-4-6-16-7-5-15;/h10-13H,4-9H2,1-3H3;1H4. The molecule has 0 amide bonds. The number of hydrogen-bond donors (Lipinski definition) is 0. The van der Waals surface area contributed by atoms with Crippen molar-refractivity contribution in [1.82, 2.24) is 4.90 Å². The van der Waals surface area contributed by atoms with Gasteiger partial charge in [0.05, 0.1) is 13.2 Å². The van der Waals surface area contributed by atoms with Crippen LogP contribution in [0.2, 0.25) is 0 Å². The fourth-order valence-corrected chi connectivity index (χ4v) is 4.26. The van der Waals surface area contributed by atoms with Crippen molar-refractivity contribution in [2.45, 2.75) is 47.1 Å². The first-order valence-electron chi connectivity index (χ1n) is 6.92. The molecular weight excluding hydrogens is 210 g/mol. The van der Waals surface area contributed by atoms with Crippen molar-refractivity contribution >= 4 is 0 Å². The second-order valence-electron chi connectivity index (χ2n) is 6.70. The highest BCUT2D eigenvalue weighted by molar-refractivity contribution is 5.10. The van der Waals surface area contributed by atoms with Gasteiger partial charge in [0.2, 0.25) is 0 Å². The largest absolute Gasteiger partial charge is 0.379 e. The smallest absolute Gasteiger partial charge is 0.0594 e. The monoisotopic (exact) mass is 239 g/mol. The van der Waals surface area contributed by atoms with Crippen molar-refractivity contribution in [2.75, 3.05) is 26.3 Å². The third kappa shape index (κ3) is 2.15. The minimum absolute atomic E-state index is 0. The van der Waals surface area contributed by atoms with E-state index in [0.29, 0.717) is 5.41 Å². The highest BCUT2D eigenvalue weighted by Gasteiger charge is 2.61. The quantitative estimate of drug-likeness (QED) is 0.697. The van der Waals surface area contributed by atoms with E-state index in [4.69, 9.17) is 4.74 Å². The van der Waals surface area contributed by atoms with Crippen LogP contribution in [0.15, 0.2) is 0 Å². The second-order valence-corrected chi connectivity index (χ2v) is 6.70. The van der Waals surface area contributed by atoms with E-state index in [-0.39, 0.29) is 7.43 Å². The zero-order valence-electron chi connectivity index (χ0n) is 10.9. The van der Waals surface area contributed by atoms with Crippen LogP contribution >= 0.6 is 0 Å². The summed E-state index contributed by atoms with van der Waals surface area (Å²) in [6.07, 6.45) is 2.90. The van der Waals surface area contributed by atoms with Crippen molar-refractivity contribution in [1.29, 1.82) is 0 Å². The van der Waals surface area contributed by atoms with Gasteiger partial charge in [0.25, 0.3) is 0 Å². The zero-order valence-corrected chi connectivity index (χ0v) is 10.9. The molecule has 2 heteroatoms. The predicted molar refractivity (Wildman–Crippen MR) is 72.1 cm³/mol. The first kappa shape index (κ1) is 13.4. The lowest BCUT2D eigenvalue weighted by Gasteiger charge is -2.40. The van der Waals surface area contributed by atoms with Gasteiger partial charge in [0, 0.05) is 19.1 Å². The van der Waals surface area contributed by atoms with E-state index >= 15 is 0 Å². The zero-order chi connectivity index (χ0) is 11.3. The summed E-state index contributed by atoms with van der Waals surface area (Å²) in [7, 11) is 0. The molecule has 3 aliphatic rings. The molecule has 4 atom stereocenters. The van der Waals surface area contributed by atoms with Crippen molar-refractivity contribution in [3.8, 4) is 0 Å². The Balaban J connectivity index is 0.00000108. The first-order valence-corrected chi connectivity index (χ1v) is 6.92. The van der Waals surface area contributed by atoms with Crippen LogP contribution in [-0.2, 0) is 4.74 Å². The Bertz CT molecular complexity index is 270. The average molecular weight is 239 g/mol. The van der Waals surface area contributed by atoms with E-state index < -0.39 is 0 Å². The van der Waals surface area contributed by atoms with Gasteiger partial charge in [-0.05, 0) is 36.0 Å². The summed E-state index contributed by atoms with van der Waals surface area (Å²) in [6, 6.07) is 0.840. The Hall–Kier alpha value is -0.0800. The molecule has 2 aliphatic carbocycles. The molecule has 100 valence electrons. The van der Waals surface area contributed by atoms with E-state index in [1.54, 1.807) is 0 Å². The van der Waals surface area contributed by atoms with Crippen LogP contribution in [0.5, 0.6) is 0 Å². The van der Waals surface area contributed by atoms with Crippen LogP contribution in [0.4, 0.5) is 0 Å². The number of hydrogen-bond acceptors (Lipinski definition) is 2. The summed E-state index contributed by atoms with van der Waals surface area (Å²) < 4.78 is 5.46. The first-order chi connectivity index (χ1) is 7.60. The molecular formula is C15H29NO. The number of nitrogens with zero attached hydrogens (tertiary/aromatic N) is 1. The Morgan fingerprint density at radius 3 is 2.29 bits per heavy atom. The lowest BCUT2D eigenvalue weighted by atomic mass is 9.85. The predicted octanol–water partition coefficient (Wildman–Crippen LogP) is 3.03. The SMILES string of the molecule is C.CC1CC2C(CC1N1CCOCC1)C2(C)C. The van der Waals surface area contributed by atoms with Crippen LogP contribution in [0.25, 0.3) is 0 Å². The van der Waals surface area contributed by atoms with Gasteiger partial charge >= 0.3 is 0 Å². The lowest BCUT2D eigenvalue weighted by Crippen LogP contribution is -2.47. The van der Waals surface area contributed by atoms with Gasteiger partial charge in [0.1, 0.15) is 0 Å². The van der Waals surface area contributed by atoms with Crippen molar-refractivity contribution in [3.05, 3.63) is 0 Å². The summed E-state index contributed by atoms with van der Waals surface area (Å²) in [5.41, 5.74) is 0.648. The minimum Gasteiger partial charge on any atom is -0.379 e. The third-order valence-electron chi connectivity index (χ3n) is 5.58. The van der Waals surface area contributed by atoms with E-state index in [0.717, 1.165) is 50.1 Å². The third-order valence-corrected chi connectivity index (χ3v) is 5.58. The molecule has 1 heterocycles. The molecule has 0 N–H and O–H groups in total. The van der Waals surface area contributed by atoms with E-state index in [1.165, 1.54) is 12.8 Å². The van der Waals surface area contributed by atoms with Gasteiger partial charge < -0.3 is 4.74 Å². The maximum atomic E-state index is 5.46. The van der Waals surface area contributed by atoms with Gasteiger partial charge in [0.15, 0.2) is 0 Å². The molecule has 17 heavy (non-hydrogen) atoms. The molecule has 0 aromatic rings. The fourth-order valence-electron chi connectivity index (χ4n) is 4.26. The normalized spacial score (nSPS) is 44.6. The van der Waals surface area contributed by atoms with Crippen LogP contribution in [-0.4, -0.2) is 37.2 Å². The number of morpholine rings is 1. The summed E-state index contributed by atoms with van der Waals surface area (Å²) >= 11 is 0. The van der Waals surface area contributed by atoms with Crippen LogP contribution in [0, 0.1) is 23.2 Å². The van der Waals surface area contributed by atoms with Crippen LogP contribution in [0.1, 0.15) is 41.0 Å². The molecule has 1 saturated heterocycles. The van der Waals surface area contributed by atoms with E-state index in [9.17, 15) is 0 Å². The maximum absolute atomic E-state index is 5.46. The van der Waals surface area contributed by atoms with Gasteiger partial charge in [-0.15, -0.1) is 0 Å². The van der Waals surface area contributed by atoms with E-state index in [1.807, 2.05) is 0 Å². The minimum atomic E-state index is 0. The van der Waals surface area contributed by atoms with Gasteiger partial charge in [-0.2, -0.15) is 0 Å². The molecule has 0 radical (unpaired) electrons. The number of fused-ring (bicyclic) bond motifs is 1. The Morgan fingerprint density at radius 1 is 1.06 bits per heavy atom. The Morgan fingerprint density at radius 2 is 1.65 bits per heavy atom. The van der Waals surface area contributed by atoms with Crippen molar-refractivity contribution in [2.24, 2.45) is 23.2 Å². The highest BCUT2D eigenvalue weighted by Crippen LogP contribution is 2.66. The summed E-state index contributed by atoms with van der Waals surface area (Å²) in [4.78, 5) is 2.69. The molecule has 2 saturated carbocycles.